The zero-order valence-corrected chi connectivity index (χ0v) is 13.1. The Morgan fingerprint density at radius 3 is 2.91 bits per heavy atom. The Balaban J connectivity index is 1.81. The van der Waals surface area contributed by atoms with Crippen LogP contribution in [0.25, 0.3) is 0 Å². The predicted octanol–water partition coefficient (Wildman–Crippen LogP) is 1.76. The van der Waals surface area contributed by atoms with Gasteiger partial charge in [-0.1, -0.05) is 31.5 Å². The number of hydrogen-bond donors (Lipinski definition) is 1. The molecule has 6 nitrogen and oxygen atoms in total. The third-order valence-corrected chi connectivity index (χ3v) is 4.31. The van der Waals surface area contributed by atoms with E-state index >= 15 is 0 Å². The fraction of sp³-hybridized carbons (Fsp3) is 0.471. The average molecular weight is 316 g/mol. The zero-order valence-electron chi connectivity index (χ0n) is 13.1. The maximum absolute atomic E-state index is 12.4. The minimum absolute atomic E-state index is 0.157. The fourth-order valence-corrected chi connectivity index (χ4v) is 3.09. The molecular weight excluding hydrogens is 296 g/mol. The van der Waals surface area contributed by atoms with Crippen molar-refractivity contribution in [2.24, 2.45) is 0 Å². The summed E-state index contributed by atoms with van der Waals surface area (Å²) in [6.45, 7) is 2.64. The van der Waals surface area contributed by atoms with Crippen LogP contribution in [0.15, 0.2) is 24.3 Å². The number of amides is 2. The highest BCUT2D eigenvalue weighted by Crippen LogP contribution is 2.38. The average Bonchev–Trinajstić information content (AvgIpc) is 3.08. The van der Waals surface area contributed by atoms with Gasteiger partial charge in [0.1, 0.15) is 6.04 Å². The summed E-state index contributed by atoms with van der Waals surface area (Å²) < 4.78 is 5.38. The molecule has 2 aliphatic rings. The van der Waals surface area contributed by atoms with Gasteiger partial charge in [-0.2, -0.15) is 0 Å². The Kier molecular flexibility index (Phi) is 4.32. The van der Waals surface area contributed by atoms with Crippen LogP contribution in [0.1, 0.15) is 54.8 Å². The van der Waals surface area contributed by atoms with Crippen molar-refractivity contribution in [2.75, 3.05) is 6.54 Å². The number of fused-ring (bicyclic) bond motifs is 1. The van der Waals surface area contributed by atoms with Gasteiger partial charge in [0.15, 0.2) is 0 Å². The quantitative estimate of drug-likeness (QED) is 0.663. The smallest absolute Gasteiger partial charge is 0.340 e. The van der Waals surface area contributed by atoms with Gasteiger partial charge in [0.25, 0.3) is 0 Å². The second-order valence-electron chi connectivity index (χ2n) is 5.84. The zero-order chi connectivity index (χ0) is 16.4. The summed E-state index contributed by atoms with van der Waals surface area (Å²) in [5, 5.41) is 2.86. The summed E-state index contributed by atoms with van der Waals surface area (Å²) in [5.74, 6) is -0.782. The van der Waals surface area contributed by atoms with Gasteiger partial charge in [0.05, 0.1) is 5.56 Å². The van der Waals surface area contributed by atoms with Crippen molar-refractivity contribution in [3.8, 4) is 0 Å². The van der Waals surface area contributed by atoms with E-state index in [1.807, 2.05) is 6.92 Å². The number of benzene rings is 1. The van der Waals surface area contributed by atoms with E-state index in [9.17, 15) is 14.4 Å². The first kappa shape index (κ1) is 15.5. The number of likely N-dealkylation sites (tertiary alicyclic amines) is 1. The highest BCUT2D eigenvalue weighted by molar-refractivity contribution is 5.96. The summed E-state index contributed by atoms with van der Waals surface area (Å²) in [7, 11) is 0. The molecule has 6 heteroatoms. The number of cyclic esters (lactones) is 1. The highest BCUT2D eigenvalue weighted by Gasteiger charge is 2.46. The molecule has 2 heterocycles. The molecule has 1 saturated heterocycles. The van der Waals surface area contributed by atoms with Crippen molar-refractivity contribution in [3.63, 3.8) is 0 Å². The molecule has 0 spiro atoms. The summed E-state index contributed by atoms with van der Waals surface area (Å²) in [6.07, 6.45) is 1.83. The lowest BCUT2D eigenvalue weighted by Crippen LogP contribution is -2.46. The molecule has 1 aromatic carbocycles. The van der Waals surface area contributed by atoms with Gasteiger partial charge < -0.3 is 10.1 Å². The number of unbranched alkanes of at least 4 members (excludes halogenated alkanes) is 1. The Bertz CT molecular complexity index is 643. The first-order chi connectivity index (χ1) is 11.1. The SMILES string of the molecule is CCCCNC(=O)[C@@H]1CCC(=O)N1C1OC(=O)c2ccccc21. The normalized spacial score (nSPS) is 22.9. The molecule has 23 heavy (non-hydrogen) atoms. The van der Waals surface area contributed by atoms with Gasteiger partial charge in [-0.15, -0.1) is 0 Å². The molecule has 1 fully saturated rings. The van der Waals surface area contributed by atoms with Crippen LogP contribution >= 0.6 is 0 Å². The Hall–Kier alpha value is -2.37. The second-order valence-corrected chi connectivity index (χ2v) is 5.84. The molecule has 1 unspecified atom stereocenters. The monoisotopic (exact) mass is 316 g/mol. The van der Waals surface area contributed by atoms with Crippen molar-refractivity contribution in [3.05, 3.63) is 35.4 Å². The van der Waals surface area contributed by atoms with Crippen molar-refractivity contribution in [2.45, 2.75) is 44.9 Å². The van der Waals surface area contributed by atoms with Crippen LogP contribution in [-0.2, 0) is 14.3 Å². The first-order valence-electron chi connectivity index (χ1n) is 8.02. The van der Waals surface area contributed by atoms with Crippen molar-refractivity contribution in [1.29, 1.82) is 0 Å². The highest BCUT2D eigenvalue weighted by atomic mass is 16.6. The van der Waals surface area contributed by atoms with E-state index in [2.05, 4.69) is 5.32 Å². The summed E-state index contributed by atoms with van der Waals surface area (Å²) >= 11 is 0. The minimum atomic E-state index is -0.796. The topological polar surface area (TPSA) is 75.7 Å². The number of nitrogens with one attached hydrogen (secondary N) is 1. The Labute approximate surface area is 134 Å². The van der Waals surface area contributed by atoms with E-state index in [0.717, 1.165) is 12.8 Å². The van der Waals surface area contributed by atoms with Gasteiger partial charge in [-0.3, -0.25) is 14.5 Å². The van der Waals surface area contributed by atoms with E-state index in [1.165, 1.54) is 4.90 Å². The summed E-state index contributed by atoms with van der Waals surface area (Å²) in [4.78, 5) is 38.0. The molecule has 0 saturated carbocycles. The molecule has 0 radical (unpaired) electrons. The van der Waals surface area contributed by atoms with Gasteiger partial charge in [0.2, 0.25) is 18.0 Å². The first-order valence-corrected chi connectivity index (χ1v) is 8.02. The molecule has 122 valence electrons. The second kappa shape index (κ2) is 6.40. The van der Waals surface area contributed by atoms with E-state index in [4.69, 9.17) is 4.74 Å². The van der Waals surface area contributed by atoms with Gasteiger partial charge in [-0.05, 0) is 18.9 Å². The molecule has 3 rings (SSSR count). The van der Waals surface area contributed by atoms with E-state index in [1.54, 1.807) is 24.3 Å². The molecular formula is C17H20N2O4. The molecule has 1 N–H and O–H groups in total. The van der Waals surface area contributed by atoms with Crippen LogP contribution in [0, 0.1) is 0 Å². The third-order valence-electron chi connectivity index (χ3n) is 4.31. The number of carbonyl (C=O) groups excluding carboxylic acids is 3. The maximum Gasteiger partial charge on any atom is 0.340 e. The van der Waals surface area contributed by atoms with Gasteiger partial charge >= 0.3 is 5.97 Å². The minimum Gasteiger partial charge on any atom is -0.433 e. The van der Waals surface area contributed by atoms with Gasteiger partial charge in [0, 0.05) is 18.5 Å². The lowest BCUT2D eigenvalue weighted by Gasteiger charge is -2.29. The molecule has 0 bridgehead atoms. The van der Waals surface area contributed by atoms with E-state index in [-0.39, 0.29) is 11.8 Å². The van der Waals surface area contributed by atoms with Crippen molar-refractivity contribution < 1.29 is 19.1 Å². The van der Waals surface area contributed by atoms with E-state index < -0.39 is 18.2 Å². The van der Waals surface area contributed by atoms with Crippen LogP contribution in [-0.4, -0.2) is 35.3 Å². The van der Waals surface area contributed by atoms with Crippen LogP contribution in [0.3, 0.4) is 0 Å². The number of rotatable bonds is 5. The third kappa shape index (κ3) is 2.81. The van der Waals surface area contributed by atoms with Gasteiger partial charge in [-0.25, -0.2) is 4.79 Å². The lowest BCUT2D eigenvalue weighted by molar-refractivity contribution is -0.145. The summed E-state index contributed by atoms with van der Waals surface area (Å²) in [6, 6.07) is 6.41. The molecule has 2 aliphatic heterocycles. The molecule has 0 aliphatic carbocycles. The molecule has 2 atom stereocenters. The number of hydrogen-bond acceptors (Lipinski definition) is 4. The van der Waals surface area contributed by atoms with Crippen molar-refractivity contribution >= 4 is 17.8 Å². The van der Waals surface area contributed by atoms with Crippen molar-refractivity contribution in [1.82, 2.24) is 10.2 Å². The lowest BCUT2D eigenvalue weighted by atomic mass is 10.1. The molecule has 1 aromatic rings. The van der Waals surface area contributed by atoms with E-state index in [0.29, 0.717) is 30.5 Å². The maximum atomic E-state index is 12.4. The molecule has 2 amide bonds. The standard InChI is InChI=1S/C17H20N2O4/c1-2-3-10-18-15(21)13-8-9-14(20)19(13)16-11-6-4-5-7-12(11)17(22)23-16/h4-7,13,16H,2-3,8-10H2,1H3,(H,18,21)/t13-,16?/m0/s1. The Morgan fingerprint density at radius 2 is 2.13 bits per heavy atom. The van der Waals surface area contributed by atoms with Crippen LogP contribution in [0.4, 0.5) is 0 Å². The molecule has 0 aromatic heterocycles. The van der Waals surface area contributed by atoms with Crippen LogP contribution < -0.4 is 5.32 Å². The number of esters is 1. The number of carbonyl (C=O) groups is 3. The van der Waals surface area contributed by atoms with Crippen LogP contribution in [0.2, 0.25) is 0 Å². The number of ether oxygens (including phenoxy) is 1. The number of nitrogens with zero attached hydrogens (tertiary/aromatic N) is 1. The fourth-order valence-electron chi connectivity index (χ4n) is 3.09. The largest absolute Gasteiger partial charge is 0.433 e. The predicted molar refractivity (Wildman–Crippen MR) is 82.4 cm³/mol. The van der Waals surface area contributed by atoms with Crippen LogP contribution in [0.5, 0.6) is 0 Å². The summed E-state index contributed by atoms with van der Waals surface area (Å²) in [5.41, 5.74) is 1.11. The Morgan fingerprint density at radius 1 is 1.35 bits per heavy atom.